The number of guanidine groups is 1. The lowest BCUT2D eigenvalue weighted by Crippen LogP contribution is -2.38. The van der Waals surface area contributed by atoms with Gasteiger partial charge in [-0.1, -0.05) is 26.0 Å². The van der Waals surface area contributed by atoms with Gasteiger partial charge >= 0.3 is 0 Å². The maximum absolute atomic E-state index is 11.1. The summed E-state index contributed by atoms with van der Waals surface area (Å²) in [5.41, 5.74) is 0.949. The van der Waals surface area contributed by atoms with Gasteiger partial charge in [-0.2, -0.15) is 0 Å². The Balaban J connectivity index is 2.57. The largest absolute Gasteiger partial charge is 0.356 e. The summed E-state index contributed by atoms with van der Waals surface area (Å²) >= 11 is 0. The van der Waals surface area contributed by atoms with E-state index >= 15 is 0 Å². The Labute approximate surface area is 120 Å². The zero-order valence-corrected chi connectivity index (χ0v) is 12.9. The van der Waals surface area contributed by atoms with Gasteiger partial charge in [0.2, 0.25) is 10.0 Å². The molecule has 0 unspecified atom stereocenters. The van der Waals surface area contributed by atoms with Crippen molar-refractivity contribution in [2.75, 3.05) is 13.6 Å². The Morgan fingerprint density at radius 2 is 1.85 bits per heavy atom. The molecule has 7 heteroatoms. The summed E-state index contributed by atoms with van der Waals surface area (Å²) < 4.78 is 22.3. The molecule has 0 saturated carbocycles. The number of aliphatic imine (C=N–C) groups is 1. The zero-order chi connectivity index (χ0) is 15.2. The van der Waals surface area contributed by atoms with Crippen molar-refractivity contribution in [1.82, 2.24) is 10.6 Å². The van der Waals surface area contributed by atoms with Gasteiger partial charge in [-0.3, -0.25) is 4.99 Å². The molecule has 4 N–H and O–H groups in total. The molecule has 1 aromatic rings. The number of nitrogens with two attached hydrogens (primary N) is 1. The summed E-state index contributed by atoms with van der Waals surface area (Å²) in [6, 6.07) is 6.44. The second-order valence-corrected chi connectivity index (χ2v) is 6.45. The fourth-order valence-corrected chi connectivity index (χ4v) is 2.02. The van der Waals surface area contributed by atoms with Gasteiger partial charge < -0.3 is 10.6 Å². The van der Waals surface area contributed by atoms with E-state index in [4.69, 9.17) is 5.14 Å². The van der Waals surface area contributed by atoms with E-state index in [0.29, 0.717) is 18.4 Å². The van der Waals surface area contributed by atoms with E-state index in [1.165, 1.54) is 12.1 Å². The first-order valence-corrected chi connectivity index (χ1v) is 7.94. The number of rotatable bonds is 5. The molecule has 0 aliphatic rings. The Kier molecular flexibility index (Phi) is 5.97. The molecule has 1 rings (SSSR count). The second-order valence-electron chi connectivity index (χ2n) is 4.89. The predicted molar refractivity (Wildman–Crippen MR) is 80.9 cm³/mol. The number of hydrogen-bond acceptors (Lipinski definition) is 3. The van der Waals surface area contributed by atoms with Gasteiger partial charge in [0.1, 0.15) is 0 Å². The number of primary sulfonamides is 1. The van der Waals surface area contributed by atoms with Crippen molar-refractivity contribution < 1.29 is 8.42 Å². The number of nitrogens with one attached hydrogen (secondary N) is 2. The van der Waals surface area contributed by atoms with Gasteiger partial charge in [0.05, 0.1) is 4.90 Å². The van der Waals surface area contributed by atoms with E-state index in [1.807, 2.05) is 0 Å². The van der Waals surface area contributed by atoms with Crippen LogP contribution in [-0.4, -0.2) is 28.0 Å². The van der Waals surface area contributed by atoms with Gasteiger partial charge in [-0.15, -0.1) is 0 Å². The quantitative estimate of drug-likeness (QED) is 0.549. The molecule has 112 valence electrons. The molecule has 0 atom stereocenters. The van der Waals surface area contributed by atoms with Crippen LogP contribution in [0.25, 0.3) is 0 Å². The first kappa shape index (κ1) is 16.5. The Bertz CT molecular complexity index is 550. The normalized spacial score (nSPS) is 12.6. The Morgan fingerprint density at radius 1 is 1.25 bits per heavy atom. The van der Waals surface area contributed by atoms with Crippen LogP contribution in [0.2, 0.25) is 0 Å². The lowest BCUT2D eigenvalue weighted by molar-refractivity contribution is 0.597. The van der Waals surface area contributed by atoms with E-state index in [1.54, 1.807) is 19.2 Å². The van der Waals surface area contributed by atoms with Gasteiger partial charge in [0.25, 0.3) is 0 Å². The van der Waals surface area contributed by atoms with Crippen molar-refractivity contribution in [3.05, 3.63) is 29.8 Å². The van der Waals surface area contributed by atoms with Crippen molar-refractivity contribution in [3.63, 3.8) is 0 Å². The monoisotopic (exact) mass is 298 g/mol. The molecule has 20 heavy (non-hydrogen) atoms. The molecule has 0 aliphatic carbocycles. The molecule has 0 spiro atoms. The average Bonchev–Trinajstić information content (AvgIpc) is 2.38. The minimum absolute atomic E-state index is 0.114. The van der Waals surface area contributed by atoms with E-state index < -0.39 is 10.0 Å². The molecule has 0 bridgehead atoms. The van der Waals surface area contributed by atoms with E-state index in [9.17, 15) is 8.42 Å². The predicted octanol–water partition coefficient (Wildman–Crippen LogP) is 0.655. The van der Waals surface area contributed by atoms with E-state index in [-0.39, 0.29) is 4.90 Å². The number of nitrogens with zero attached hydrogens (tertiary/aromatic N) is 1. The van der Waals surface area contributed by atoms with Crippen molar-refractivity contribution in [3.8, 4) is 0 Å². The summed E-state index contributed by atoms with van der Waals surface area (Å²) in [5, 5.41) is 11.4. The SMILES string of the molecule is CN=C(NCc1ccc(S(N)(=O)=O)cc1)NCC(C)C. The highest BCUT2D eigenvalue weighted by Gasteiger charge is 2.06. The molecule has 6 nitrogen and oxygen atoms in total. The maximum atomic E-state index is 11.1. The van der Waals surface area contributed by atoms with Crippen molar-refractivity contribution in [2.24, 2.45) is 16.0 Å². The smallest absolute Gasteiger partial charge is 0.238 e. The van der Waals surface area contributed by atoms with Crippen LogP contribution in [0.15, 0.2) is 34.2 Å². The molecule has 0 radical (unpaired) electrons. The van der Waals surface area contributed by atoms with Crippen LogP contribution in [0.4, 0.5) is 0 Å². The highest BCUT2D eigenvalue weighted by Crippen LogP contribution is 2.08. The lowest BCUT2D eigenvalue weighted by atomic mass is 10.2. The first-order chi connectivity index (χ1) is 9.32. The van der Waals surface area contributed by atoms with E-state index in [2.05, 4.69) is 29.5 Å². The lowest BCUT2D eigenvalue weighted by Gasteiger charge is -2.13. The molecule has 0 aromatic heterocycles. The average molecular weight is 298 g/mol. The standard InChI is InChI=1S/C13H22N4O2S/c1-10(2)8-16-13(15-3)17-9-11-4-6-12(7-5-11)20(14,18)19/h4-7,10H,8-9H2,1-3H3,(H2,14,18,19)(H2,15,16,17). The molecular formula is C13H22N4O2S. The summed E-state index contributed by atoms with van der Waals surface area (Å²) in [6.07, 6.45) is 0. The van der Waals surface area contributed by atoms with Crippen LogP contribution in [0.3, 0.4) is 0 Å². The highest BCUT2D eigenvalue weighted by atomic mass is 32.2. The molecule has 0 saturated heterocycles. The molecular weight excluding hydrogens is 276 g/mol. The minimum Gasteiger partial charge on any atom is -0.356 e. The summed E-state index contributed by atoms with van der Waals surface area (Å²) in [4.78, 5) is 4.22. The number of hydrogen-bond donors (Lipinski definition) is 3. The Morgan fingerprint density at radius 3 is 2.30 bits per heavy atom. The number of sulfonamides is 1. The molecule has 0 amide bonds. The van der Waals surface area contributed by atoms with Gasteiger partial charge in [-0.25, -0.2) is 13.6 Å². The maximum Gasteiger partial charge on any atom is 0.238 e. The van der Waals surface area contributed by atoms with E-state index in [0.717, 1.165) is 12.1 Å². The third kappa shape index (κ3) is 5.58. The third-order valence-corrected chi connectivity index (χ3v) is 3.54. The van der Waals surface area contributed by atoms with Gasteiger partial charge in [0.15, 0.2) is 5.96 Å². The van der Waals surface area contributed by atoms with Gasteiger partial charge in [-0.05, 0) is 23.6 Å². The minimum atomic E-state index is -3.63. The van der Waals surface area contributed by atoms with Crippen molar-refractivity contribution in [2.45, 2.75) is 25.3 Å². The summed E-state index contributed by atoms with van der Waals surface area (Å²) in [5.74, 6) is 1.25. The van der Waals surface area contributed by atoms with Crippen LogP contribution in [0, 0.1) is 5.92 Å². The first-order valence-electron chi connectivity index (χ1n) is 6.39. The van der Waals surface area contributed by atoms with Crippen LogP contribution in [0.5, 0.6) is 0 Å². The second kappa shape index (κ2) is 7.25. The topological polar surface area (TPSA) is 96.6 Å². The summed E-state index contributed by atoms with van der Waals surface area (Å²) in [6.45, 7) is 5.63. The molecule has 0 heterocycles. The molecule has 0 aliphatic heterocycles. The number of benzene rings is 1. The van der Waals surface area contributed by atoms with Gasteiger partial charge in [0, 0.05) is 20.1 Å². The highest BCUT2D eigenvalue weighted by molar-refractivity contribution is 7.89. The van der Waals surface area contributed by atoms with Crippen LogP contribution >= 0.6 is 0 Å². The zero-order valence-electron chi connectivity index (χ0n) is 12.1. The molecule has 1 aromatic carbocycles. The fraction of sp³-hybridized carbons (Fsp3) is 0.462. The summed E-state index contributed by atoms with van der Waals surface area (Å²) in [7, 11) is -1.92. The Hall–Kier alpha value is -1.60. The molecule has 0 fully saturated rings. The third-order valence-electron chi connectivity index (χ3n) is 2.61. The van der Waals surface area contributed by atoms with Crippen LogP contribution in [0.1, 0.15) is 19.4 Å². The van der Waals surface area contributed by atoms with Crippen molar-refractivity contribution >= 4 is 16.0 Å². The van der Waals surface area contributed by atoms with Crippen molar-refractivity contribution in [1.29, 1.82) is 0 Å². The van der Waals surface area contributed by atoms with Crippen LogP contribution in [-0.2, 0) is 16.6 Å². The fourth-order valence-electron chi connectivity index (χ4n) is 1.50. The van der Waals surface area contributed by atoms with Crippen LogP contribution < -0.4 is 15.8 Å².